The molecule has 0 unspecified atom stereocenters. The Morgan fingerprint density at radius 3 is 1.86 bits per heavy atom. The van der Waals surface area contributed by atoms with Crippen LogP contribution in [-0.2, 0) is 10.0 Å². The first-order valence-electron chi connectivity index (χ1n) is 4.34. The smallest absolute Gasteiger partial charge is 0.211 e. The standard InChI is InChI=1S/C9H16BrNO2S/c1-3-5-7-11(8-6-4-2)14(12,13)9-10/h3-4H,1-2,5-9H2. The zero-order valence-electron chi connectivity index (χ0n) is 8.15. The van der Waals surface area contributed by atoms with Crippen LogP contribution in [0.5, 0.6) is 0 Å². The lowest BCUT2D eigenvalue weighted by Gasteiger charge is -2.19. The lowest BCUT2D eigenvalue weighted by atomic mass is 10.4. The number of alkyl halides is 1. The molecular weight excluding hydrogens is 266 g/mol. The van der Waals surface area contributed by atoms with Gasteiger partial charge in [-0.1, -0.05) is 28.1 Å². The van der Waals surface area contributed by atoms with Gasteiger partial charge in [0, 0.05) is 13.1 Å². The van der Waals surface area contributed by atoms with Gasteiger partial charge in [-0.25, -0.2) is 12.7 Å². The topological polar surface area (TPSA) is 37.4 Å². The third kappa shape index (κ3) is 4.93. The van der Waals surface area contributed by atoms with Gasteiger partial charge in [-0.2, -0.15) is 0 Å². The van der Waals surface area contributed by atoms with Crippen molar-refractivity contribution >= 4 is 26.0 Å². The maximum absolute atomic E-state index is 11.5. The molecule has 0 aliphatic carbocycles. The summed E-state index contributed by atoms with van der Waals surface area (Å²) in [6, 6.07) is 0. The molecule has 0 atom stereocenters. The molecule has 0 spiro atoms. The number of hydrogen-bond acceptors (Lipinski definition) is 2. The van der Waals surface area contributed by atoms with Crippen molar-refractivity contribution < 1.29 is 8.42 Å². The third-order valence-corrected chi connectivity index (χ3v) is 4.86. The fourth-order valence-electron chi connectivity index (χ4n) is 0.930. The van der Waals surface area contributed by atoms with Crippen LogP contribution < -0.4 is 0 Å². The SMILES string of the molecule is C=CCCN(CCC=C)S(=O)(=O)CBr. The Balaban J connectivity index is 4.37. The van der Waals surface area contributed by atoms with Crippen molar-refractivity contribution in [2.45, 2.75) is 12.8 Å². The van der Waals surface area contributed by atoms with Gasteiger partial charge in [0.1, 0.15) is 4.66 Å². The fraction of sp³-hybridized carbons (Fsp3) is 0.556. The van der Waals surface area contributed by atoms with E-state index in [1.807, 2.05) is 0 Å². The minimum atomic E-state index is -3.15. The summed E-state index contributed by atoms with van der Waals surface area (Å²) in [4.78, 5) is 0. The van der Waals surface area contributed by atoms with Crippen LogP contribution in [0.3, 0.4) is 0 Å². The Morgan fingerprint density at radius 2 is 1.57 bits per heavy atom. The van der Waals surface area contributed by atoms with Gasteiger partial charge >= 0.3 is 0 Å². The summed E-state index contributed by atoms with van der Waals surface area (Å²) >= 11 is 2.97. The molecule has 0 fully saturated rings. The Morgan fingerprint density at radius 1 is 1.14 bits per heavy atom. The average molecular weight is 282 g/mol. The molecule has 0 aromatic rings. The van der Waals surface area contributed by atoms with E-state index in [0.29, 0.717) is 25.9 Å². The first kappa shape index (κ1) is 13.9. The second-order valence-corrected chi connectivity index (χ2v) is 6.05. The first-order valence-corrected chi connectivity index (χ1v) is 7.07. The van der Waals surface area contributed by atoms with E-state index in [9.17, 15) is 8.42 Å². The van der Waals surface area contributed by atoms with Crippen molar-refractivity contribution in [2.75, 3.05) is 17.8 Å². The minimum absolute atomic E-state index is 0.0334. The van der Waals surface area contributed by atoms with Gasteiger partial charge in [0.05, 0.1) is 0 Å². The molecule has 82 valence electrons. The maximum atomic E-state index is 11.5. The molecule has 0 aromatic heterocycles. The fourth-order valence-corrected chi connectivity index (χ4v) is 2.70. The van der Waals surface area contributed by atoms with Crippen LogP contribution >= 0.6 is 15.9 Å². The number of sulfonamides is 1. The second-order valence-electron chi connectivity index (χ2n) is 2.77. The van der Waals surface area contributed by atoms with Crippen LogP contribution in [-0.4, -0.2) is 30.5 Å². The molecule has 0 aromatic carbocycles. The van der Waals surface area contributed by atoms with Crippen LogP contribution in [0.4, 0.5) is 0 Å². The minimum Gasteiger partial charge on any atom is -0.211 e. The van der Waals surface area contributed by atoms with Gasteiger partial charge in [0.25, 0.3) is 0 Å². The molecule has 0 radical (unpaired) electrons. The highest BCUT2D eigenvalue weighted by Gasteiger charge is 2.18. The van der Waals surface area contributed by atoms with Gasteiger partial charge in [0.15, 0.2) is 0 Å². The molecule has 0 saturated carbocycles. The van der Waals surface area contributed by atoms with E-state index in [-0.39, 0.29) is 4.66 Å². The normalized spacial score (nSPS) is 11.6. The molecule has 5 heteroatoms. The third-order valence-electron chi connectivity index (χ3n) is 1.70. The molecule has 0 amide bonds. The van der Waals surface area contributed by atoms with Gasteiger partial charge < -0.3 is 0 Å². The summed E-state index contributed by atoms with van der Waals surface area (Å²) in [5, 5.41) is 0. The maximum Gasteiger partial charge on any atom is 0.224 e. The van der Waals surface area contributed by atoms with Crippen LogP contribution in [0.25, 0.3) is 0 Å². The molecular formula is C9H16BrNO2S. The summed E-state index contributed by atoms with van der Waals surface area (Å²) < 4.78 is 24.5. The number of halogens is 1. The van der Waals surface area contributed by atoms with Gasteiger partial charge in [-0.15, -0.1) is 13.2 Å². The van der Waals surface area contributed by atoms with E-state index in [1.165, 1.54) is 4.31 Å². The Kier molecular flexibility index (Phi) is 7.13. The highest BCUT2D eigenvalue weighted by molar-refractivity contribution is 9.10. The highest BCUT2D eigenvalue weighted by Crippen LogP contribution is 2.07. The van der Waals surface area contributed by atoms with E-state index in [1.54, 1.807) is 12.2 Å². The Labute approximate surface area is 94.7 Å². The van der Waals surface area contributed by atoms with Gasteiger partial charge in [-0.3, -0.25) is 0 Å². The van der Waals surface area contributed by atoms with Crippen molar-refractivity contribution in [3.05, 3.63) is 25.3 Å². The van der Waals surface area contributed by atoms with E-state index in [0.717, 1.165) is 0 Å². The number of rotatable bonds is 8. The summed E-state index contributed by atoms with van der Waals surface area (Å²) in [6.07, 6.45) is 4.77. The van der Waals surface area contributed by atoms with Crippen LogP contribution in [0.1, 0.15) is 12.8 Å². The molecule has 0 rings (SSSR count). The molecule has 0 heterocycles. The summed E-state index contributed by atoms with van der Waals surface area (Å²) in [6.45, 7) is 8.12. The average Bonchev–Trinajstić information content (AvgIpc) is 2.17. The van der Waals surface area contributed by atoms with Crippen molar-refractivity contribution in [2.24, 2.45) is 0 Å². The van der Waals surface area contributed by atoms with Crippen LogP contribution in [0.2, 0.25) is 0 Å². The molecule has 0 N–H and O–H groups in total. The molecule has 3 nitrogen and oxygen atoms in total. The molecule has 0 aliphatic rings. The van der Waals surface area contributed by atoms with Crippen molar-refractivity contribution in [1.29, 1.82) is 0 Å². The van der Waals surface area contributed by atoms with Gasteiger partial charge in [0.2, 0.25) is 10.0 Å². The van der Waals surface area contributed by atoms with Crippen molar-refractivity contribution in [1.82, 2.24) is 4.31 Å². The molecule has 14 heavy (non-hydrogen) atoms. The lowest BCUT2D eigenvalue weighted by molar-refractivity contribution is 0.426. The van der Waals surface area contributed by atoms with Gasteiger partial charge in [-0.05, 0) is 12.8 Å². The second kappa shape index (κ2) is 7.20. The zero-order chi connectivity index (χ0) is 11.0. The number of hydrogen-bond donors (Lipinski definition) is 0. The predicted octanol–water partition coefficient (Wildman–Crippen LogP) is 2.12. The molecule has 0 aliphatic heterocycles. The van der Waals surface area contributed by atoms with E-state index in [4.69, 9.17) is 0 Å². The highest BCUT2D eigenvalue weighted by atomic mass is 79.9. The zero-order valence-corrected chi connectivity index (χ0v) is 10.6. The summed E-state index contributed by atoms with van der Waals surface area (Å²) in [5.41, 5.74) is 0. The van der Waals surface area contributed by atoms with Crippen LogP contribution in [0.15, 0.2) is 25.3 Å². The Bertz CT molecular complexity index is 263. The van der Waals surface area contributed by atoms with Crippen molar-refractivity contribution in [3.8, 4) is 0 Å². The largest absolute Gasteiger partial charge is 0.224 e. The van der Waals surface area contributed by atoms with Crippen molar-refractivity contribution in [3.63, 3.8) is 0 Å². The van der Waals surface area contributed by atoms with E-state index < -0.39 is 10.0 Å². The Hall–Kier alpha value is -0.130. The molecule has 0 bridgehead atoms. The predicted molar refractivity (Wildman–Crippen MR) is 63.9 cm³/mol. The summed E-state index contributed by atoms with van der Waals surface area (Å²) in [5.74, 6) is 0. The van der Waals surface area contributed by atoms with E-state index >= 15 is 0 Å². The van der Waals surface area contributed by atoms with Crippen LogP contribution in [0, 0.1) is 0 Å². The quantitative estimate of drug-likeness (QED) is 0.505. The monoisotopic (exact) mass is 281 g/mol. The molecule has 0 saturated heterocycles. The van der Waals surface area contributed by atoms with E-state index in [2.05, 4.69) is 29.1 Å². The number of nitrogens with zero attached hydrogens (tertiary/aromatic N) is 1. The first-order chi connectivity index (χ1) is 6.58. The summed E-state index contributed by atoms with van der Waals surface area (Å²) in [7, 11) is -3.15. The lowest BCUT2D eigenvalue weighted by Crippen LogP contribution is -2.33.